The predicted octanol–water partition coefficient (Wildman–Crippen LogP) is 0.962. The van der Waals surface area contributed by atoms with E-state index in [1.807, 2.05) is 0 Å². The molecule has 1 atom stereocenters. The molecule has 2 heterocycles. The van der Waals surface area contributed by atoms with Gasteiger partial charge in [-0.1, -0.05) is 12.1 Å². The molecule has 0 saturated carbocycles. The number of fused-ring (bicyclic) bond motifs is 1. The van der Waals surface area contributed by atoms with Crippen molar-refractivity contribution < 1.29 is 19.2 Å². The fraction of sp³-hybridized carbons (Fsp3) is 0.294. The number of hydrogen-bond acceptors (Lipinski definition) is 4. The number of allylic oxidation sites excluding steroid dienone is 1. The van der Waals surface area contributed by atoms with Crippen molar-refractivity contribution in [3.05, 3.63) is 41.5 Å². The van der Waals surface area contributed by atoms with E-state index in [-0.39, 0.29) is 30.7 Å². The molecule has 7 heteroatoms. The Balaban J connectivity index is 1.86. The maximum atomic E-state index is 12.6. The smallest absolute Gasteiger partial charge is 0.255 e. The molecule has 1 fully saturated rings. The normalized spacial score (nSPS) is 20.3. The van der Waals surface area contributed by atoms with E-state index in [9.17, 15) is 19.2 Å². The molecule has 7 nitrogen and oxygen atoms in total. The van der Waals surface area contributed by atoms with Crippen LogP contribution < -0.4 is 10.6 Å². The third-order valence-corrected chi connectivity index (χ3v) is 4.16. The van der Waals surface area contributed by atoms with Crippen LogP contribution in [0.2, 0.25) is 0 Å². The van der Waals surface area contributed by atoms with Gasteiger partial charge < -0.3 is 10.2 Å². The van der Waals surface area contributed by atoms with Gasteiger partial charge in [0.05, 0.1) is 0 Å². The standard InChI is InChI=1S/C17H17N3O4/c1-2-4-14(21)18-12-6-3-5-10-11(12)9-20(17(10)24)13-7-8-15(22)19-16(13)23/h2-6,13H,7-9H2,1H3,(H,18,21)(H,19,22,23). The van der Waals surface area contributed by atoms with Crippen LogP contribution >= 0.6 is 0 Å². The molecule has 1 saturated heterocycles. The molecule has 1 aromatic rings. The van der Waals surface area contributed by atoms with Gasteiger partial charge in [0.1, 0.15) is 6.04 Å². The number of hydrogen-bond donors (Lipinski definition) is 2. The van der Waals surface area contributed by atoms with Crippen molar-refractivity contribution in [3.63, 3.8) is 0 Å². The molecular weight excluding hydrogens is 310 g/mol. The van der Waals surface area contributed by atoms with E-state index >= 15 is 0 Å². The lowest BCUT2D eigenvalue weighted by atomic mass is 10.0. The summed E-state index contributed by atoms with van der Waals surface area (Å²) in [5.41, 5.74) is 1.71. The summed E-state index contributed by atoms with van der Waals surface area (Å²) in [5, 5.41) is 5.01. The van der Waals surface area contributed by atoms with Gasteiger partial charge in [-0.25, -0.2) is 0 Å². The van der Waals surface area contributed by atoms with Crippen molar-refractivity contribution in [2.45, 2.75) is 32.4 Å². The minimum atomic E-state index is -0.665. The fourth-order valence-electron chi connectivity index (χ4n) is 3.03. The SMILES string of the molecule is CC=CC(=O)Nc1cccc2c1CN(C1CCC(=O)NC1=O)C2=O. The third kappa shape index (κ3) is 2.80. The number of carbonyl (C=O) groups excluding carboxylic acids is 4. The molecule has 0 aliphatic carbocycles. The van der Waals surface area contributed by atoms with Gasteiger partial charge in [0.25, 0.3) is 5.91 Å². The van der Waals surface area contributed by atoms with Crippen LogP contribution in [0.15, 0.2) is 30.4 Å². The van der Waals surface area contributed by atoms with Gasteiger partial charge in [-0.05, 0) is 31.6 Å². The van der Waals surface area contributed by atoms with Crippen molar-refractivity contribution >= 4 is 29.3 Å². The van der Waals surface area contributed by atoms with Gasteiger partial charge in [-0.3, -0.25) is 24.5 Å². The zero-order valence-electron chi connectivity index (χ0n) is 13.2. The number of piperidine rings is 1. The first-order valence-corrected chi connectivity index (χ1v) is 7.71. The van der Waals surface area contributed by atoms with Crippen molar-refractivity contribution in [1.29, 1.82) is 0 Å². The first kappa shape index (κ1) is 15.9. The van der Waals surface area contributed by atoms with Gasteiger partial charge in [0.2, 0.25) is 17.7 Å². The van der Waals surface area contributed by atoms with Gasteiger partial charge in [0, 0.05) is 29.8 Å². The highest BCUT2D eigenvalue weighted by Crippen LogP contribution is 2.32. The Labute approximate surface area is 138 Å². The van der Waals surface area contributed by atoms with Crippen molar-refractivity contribution in [2.75, 3.05) is 5.32 Å². The van der Waals surface area contributed by atoms with E-state index in [4.69, 9.17) is 0 Å². The average molecular weight is 327 g/mol. The van der Waals surface area contributed by atoms with Gasteiger partial charge in [-0.15, -0.1) is 0 Å². The largest absolute Gasteiger partial charge is 0.322 e. The third-order valence-electron chi connectivity index (χ3n) is 4.16. The first-order chi connectivity index (χ1) is 11.5. The minimum Gasteiger partial charge on any atom is -0.322 e. The number of amides is 4. The Morgan fingerprint density at radius 1 is 1.33 bits per heavy atom. The van der Waals surface area contributed by atoms with E-state index in [1.165, 1.54) is 11.0 Å². The second-order valence-electron chi connectivity index (χ2n) is 5.72. The van der Waals surface area contributed by atoms with Crippen molar-refractivity contribution in [3.8, 4) is 0 Å². The highest BCUT2D eigenvalue weighted by Gasteiger charge is 2.39. The van der Waals surface area contributed by atoms with Crippen LogP contribution in [0, 0.1) is 0 Å². The molecule has 2 aliphatic heterocycles. The summed E-state index contributed by atoms with van der Waals surface area (Å²) in [6.45, 7) is 1.97. The molecule has 1 unspecified atom stereocenters. The van der Waals surface area contributed by atoms with Crippen LogP contribution in [-0.4, -0.2) is 34.6 Å². The molecular formula is C17H17N3O4. The molecule has 0 radical (unpaired) electrons. The summed E-state index contributed by atoms with van der Waals surface area (Å²) >= 11 is 0. The van der Waals surface area contributed by atoms with Crippen LogP contribution in [0.3, 0.4) is 0 Å². The predicted molar refractivity (Wildman–Crippen MR) is 85.9 cm³/mol. The average Bonchev–Trinajstić information content (AvgIpc) is 2.86. The molecule has 2 N–H and O–H groups in total. The molecule has 1 aromatic carbocycles. The molecule has 2 aliphatic rings. The fourth-order valence-corrected chi connectivity index (χ4v) is 3.03. The number of nitrogens with one attached hydrogen (secondary N) is 2. The summed E-state index contributed by atoms with van der Waals surface area (Å²) in [6.07, 6.45) is 3.54. The molecule has 3 rings (SSSR count). The minimum absolute atomic E-state index is 0.210. The summed E-state index contributed by atoms with van der Waals surface area (Å²) in [5.74, 6) is -1.31. The first-order valence-electron chi connectivity index (χ1n) is 7.71. The Morgan fingerprint density at radius 3 is 2.83 bits per heavy atom. The highest BCUT2D eigenvalue weighted by molar-refractivity contribution is 6.07. The summed E-state index contributed by atoms with van der Waals surface area (Å²) in [6, 6.07) is 4.42. The zero-order valence-corrected chi connectivity index (χ0v) is 13.2. The number of benzene rings is 1. The van der Waals surface area contributed by atoms with Crippen LogP contribution in [-0.2, 0) is 20.9 Å². The quantitative estimate of drug-likeness (QED) is 0.638. The summed E-state index contributed by atoms with van der Waals surface area (Å²) in [7, 11) is 0. The second kappa shape index (κ2) is 6.27. The Bertz CT molecular complexity index is 769. The van der Waals surface area contributed by atoms with E-state index in [2.05, 4.69) is 10.6 Å². The summed E-state index contributed by atoms with van der Waals surface area (Å²) < 4.78 is 0. The lowest BCUT2D eigenvalue weighted by Crippen LogP contribution is -2.52. The van der Waals surface area contributed by atoms with E-state index in [0.717, 1.165) is 0 Å². The lowest BCUT2D eigenvalue weighted by molar-refractivity contribution is -0.137. The van der Waals surface area contributed by atoms with Gasteiger partial charge in [0.15, 0.2) is 0 Å². The molecule has 0 bridgehead atoms. The van der Waals surface area contributed by atoms with Crippen LogP contribution in [0.1, 0.15) is 35.7 Å². The van der Waals surface area contributed by atoms with Crippen LogP contribution in [0.25, 0.3) is 0 Å². The molecule has 24 heavy (non-hydrogen) atoms. The number of imide groups is 1. The maximum Gasteiger partial charge on any atom is 0.255 e. The monoisotopic (exact) mass is 327 g/mol. The van der Waals surface area contributed by atoms with Crippen molar-refractivity contribution in [1.82, 2.24) is 10.2 Å². The van der Waals surface area contributed by atoms with Crippen molar-refractivity contribution in [2.24, 2.45) is 0 Å². The highest BCUT2D eigenvalue weighted by atomic mass is 16.2. The zero-order chi connectivity index (χ0) is 17.3. The van der Waals surface area contributed by atoms with Crippen LogP contribution in [0.5, 0.6) is 0 Å². The number of nitrogens with zero attached hydrogens (tertiary/aromatic N) is 1. The van der Waals surface area contributed by atoms with E-state index < -0.39 is 11.9 Å². The van der Waals surface area contributed by atoms with Gasteiger partial charge in [-0.2, -0.15) is 0 Å². The number of rotatable bonds is 3. The van der Waals surface area contributed by atoms with E-state index in [1.54, 1.807) is 31.2 Å². The topological polar surface area (TPSA) is 95.6 Å². The van der Waals surface area contributed by atoms with Gasteiger partial charge >= 0.3 is 0 Å². The number of carbonyl (C=O) groups is 4. The molecule has 4 amide bonds. The Kier molecular flexibility index (Phi) is 4.16. The van der Waals surface area contributed by atoms with E-state index in [0.29, 0.717) is 23.2 Å². The number of anilines is 1. The molecule has 124 valence electrons. The molecule has 0 spiro atoms. The maximum absolute atomic E-state index is 12.6. The Morgan fingerprint density at radius 2 is 2.12 bits per heavy atom. The summed E-state index contributed by atoms with van der Waals surface area (Å²) in [4.78, 5) is 49.2. The second-order valence-corrected chi connectivity index (χ2v) is 5.72. The Hall–Kier alpha value is -2.96. The molecule has 0 aromatic heterocycles. The van der Waals surface area contributed by atoms with Crippen LogP contribution in [0.4, 0.5) is 5.69 Å². The lowest BCUT2D eigenvalue weighted by Gasteiger charge is -2.29.